The summed E-state index contributed by atoms with van der Waals surface area (Å²) in [6, 6.07) is 3.83. The molecule has 11 nitrogen and oxygen atoms in total. The first kappa shape index (κ1) is 22.1. The van der Waals surface area contributed by atoms with Crippen LogP contribution in [0.4, 0.5) is 10.5 Å². The number of urea groups is 1. The number of nitrogens with one attached hydrogen (secondary N) is 1. The molecule has 2 fully saturated rings. The topological polar surface area (TPSA) is 133 Å². The van der Waals surface area contributed by atoms with E-state index in [0.29, 0.717) is 19.5 Å². The standard InChI is InChI=1S/C18H25N5O6S/c1-13(2)11-16-17(24)22(18(25)19-16)12-20-7-9-21(10-8-20)30(28,29)15-5-3-14(4-6-15)23(26)27/h3-6,13,16H,7-12H2,1-2H3,(H,19,25). The Kier molecular flexibility index (Phi) is 6.38. The van der Waals surface area contributed by atoms with Crippen LogP contribution in [0.5, 0.6) is 0 Å². The van der Waals surface area contributed by atoms with Gasteiger partial charge >= 0.3 is 6.03 Å². The first-order chi connectivity index (χ1) is 14.1. The fraction of sp³-hybridized carbons (Fsp3) is 0.556. The van der Waals surface area contributed by atoms with Gasteiger partial charge in [-0.05, 0) is 24.5 Å². The number of nitrogens with zero attached hydrogens (tertiary/aromatic N) is 4. The van der Waals surface area contributed by atoms with Gasteiger partial charge in [-0.25, -0.2) is 18.1 Å². The van der Waals surface area contributed by atoms with E-state index < -0.39 is 27.0 Å². The van der Waals surface area contributed by atoms with Gasteiger partial charge in [0.15, 0.2) is 0 Å². The van der Waals surface area contributed by atoms with E-state index in [-0.39, 0.29) is 42.2 Å². The summed E-state index contributed by atoms with van der Waals surface area (Å²) in [4.78, 5) is 37.8. The van der Waals surface area contributed by atoms with E-state index in [1.165, 1.54) is 21.3 Å². The molecular formula is C18H25N5O6S. The van der Waals surface area contributed by atoms with Crippen molar-refractivity contribution in [1.29, 1.82) is 0 Å². The van der Waals surface area contributed by atoms with Crippen molar-refractivity contribution in [3.63, 3.8) is 0 Å². The highest BCUT2D eigenvalue weighted by Crippen LogP contribution is 2.21. The first-order valence-electron chi connectivity index (χ1n) is 9.68. The van der Waals surface area contributed by atoms with E-state index >= 15 is 0 Å². The van der Waals surface area contributed by atoms with Crippen LogP contribution >= 0.6 is 0 Å². The molecule has 0 aromatic heterocycles. The third-order valence-electron chi connectivity index (χ3n) is 5.17. The summed E-state index contributed by atoms with van der Waals surface area (Å²) in [5, 5.41) is 13.4. The molecule has 1 atom stereocenters. The summed E-state index contributed by atoms with van der Waals surface area (Å²) in [5.41, 5.74) is -0.178. The van der Waals surface area contributed by atoms with Gasteiger partial charge in [0.25, 0.3) is 11.6 Å². The van der Waals surface area contributed by atoms with Gasteiger partial charge in [-0.3, -0.25) is 19.8 Å². The second-order valence-corrected chi connectivity index (χ2v) is 9.75. The molecule has 3 amide bonds. The van der Waals surface area contributed by atoms with E-state index in [4.69, 9.17) is 0 Å². The van der Waals surface area contributed by atoms with Gasteiger partial charge in [-0.15, -0.1) is 0 Å². The number of carbonyl (C=O) groups excluding carboxylic acids is 2. The second-order valence-electron chi connectivity index (χ2n) is 7.81. The minimum Gasteiger partial charge on any atom is -0.326 e. The maximum atomic E-state index is 12.8. The maximum absolute atomic E-state index is 12.8. The Morgan fingerprint density at radius 1 is 1.13 bits per heavy atom. The lowest BCUT2D eigenvalue weighted by molar-refractivity contribution is -0.384. The Morgan fingerprint density at radius 2 is 1.73 bits per heavy atom. The number of imide groups is 1. The van der Waals surface area contributed by atoms with Crippen molar-refractivity contribution in [3.05, 3.63) is 34.4 Å². The lowest BCUT2D eigenvalue weighted by Gasteiger charge is -2.35. The number of rotatable bonds is 7. The van der Waals surface area contributed by atoms with Crippen molar-refractivity contribution < 1.29 is 22.9 Å². The number of nitro benzene ring substituents is 1. The van der Waals surface area contributed by atoms with Gasteiger partial charge in [0, 0.05) is 38.3 Å². The average Bonchev–Trinajstić information content (AvgIpc) is 2.95. The Hall–Kier alpha value is -2.57. The van der Waals surface area contributed by atoms with Gasteiger partial charge in [0.05, 0.1) is 16.5 Å². The van der Waals surface area contributed by atoms with Crippen LogP contribution in [0.25, 0.3) is 0 Å². The van der Waals surface area contributed by atoms with Gasteiger partial charge < -0.3 is 5.32 Å². The SMILES string of the molecule is CC(C)CC1NC(=O)N(CN2CCN(S(=O)(=O)c3ccc([N+](=O)[O-])cc3)CC2)C1=O. The van der Waals surface area contributed by atoms with Crippen LogP contribution in [-0.2, 0) is 14.8 Å². The van der Waals surface area contributed by atoms with Gasteiger partial charge in [-0.1, -0.05) is 13.8 Å². The molecule has 0 radical (unpaired) electrons. The highest BCUT2D eigenvalue weighted by atomic mass is 32.2. The number of benzene rings is 1. The van der Waals surface area contributed by atoms with Crippen molar-refractivity contribution in [2.45, 2.75) is 31.2 Å². The van der Waals surface area contributed by atoms with Gasteiger partial charge in [0.1, 0.15) is 6.04 Å². The molecule has 2 heterocycles. The molecule has 0 spiro atoms. The maximum Gasteiger partial charge on any atom is 0.325 e. The normalized spacial score (nSPS) is 21.3. The minimum atomic E-state index is -3.77. The Morgan fingerprint density at radius 3 is 2.27 bits per heavy atom. The van der Waals surface area contributed by atoms with Crippen molar-refractivity contribution in [2.24, 2.45) is 5.92 Å². The van der Waals surface area contributed by atoms with Crippen LogP contribution in [0.2, 0.25) is 0 Å². The molecule has 2 aliphatic heterocycles. The third-order valence-corrected chi connectivity index (χ3v) is 7.08. The predicted octanol–water partition coefficient (Wildman–Crippen LogP) is 0.825. The molecule has 1 aromatic carbocycles. The molecule has 164 valence electrons. The van der Waals surface area contributed by atoms with Crippen molar-refractivity contribution in [1.82, 2.24) is 19.4 Å². The van der Waals surface area contributed by atoms with Crippen LogP contribution in [-0.4, -0.2) is 78.3 Å². The van der Waals surface area contributed by atoms with Gasteiger partial charge in [-0.2, -0.15) is 4.31 Å². The zero-order chi connectivity index (χ0) is 22.1. The van der Waals surface area contributed by atoms with Crippen molar-refractivity contribution >= 4 is 27.6 Å². The molecule has 30 heavy (non-hydrogen) atoms. The van der Waals surface area contributed by atoms with Crippen LogP contribution in [0, 0.1) is 16.0 Å². The predicted molar refractivity (Wildman–Crippen MR) is 107 cm³/mol. The summed E-state index contributed by atoms with van der Waals surface area (Å²) in [5.74, 6) is 0.0157. The van der Waals surface area contributed by atoms with E-state index in [1.54, 1.807) is 0 Å². The molecule has 2 aliphatic rings. The molecule has 2 saturated heterocycles. The number of hydrogen-bond acceptors (Lipinski definition) is 7. The number of amides is 3. The molecule has 0 bridgehead atoms. The Bertz CT molecular complexity index is 925. The van der Waals surface area contributed by atoms with Crippen LogP contribution in [0.15, 0.2) is 29.2 Å². The zero-order valence-corrected chi connectivity index (χ0v) is 17.7. The highest BCUT2D eigenvalue weighted by Gasteiger charge is 2.39. The first-order valence-corrected chi connectivity index (χ1v) is 11.1. The zero-order valence-electron chi connectivity index (χ0n) is 16.9. The van der Waals surface area contributed by atoms with Gasteiger partial charge in [0.2, 0.25) is 10.0 Å². The number of non-ortho nitro benzene ring substituents is 1. The lowest BCUT2D eigenvalue weighted by Crippen LogP contribution is -2.52. The lowest BCUT2D eigenvalue weighted by atomic mass is 10.0. The second kappa shape index (κ2) is 8.66. The summed E-state index contributed by atoms with van der Waals surface area (Å²) < 4.78 is 26.9. The molecular weight excluding hydrogens is 414 g/mol. The third kappa shape index (κ3) is 4.60. The quantitative estimate of drug-likeness (QED) is 0.378. The summed E-state index contributed by atoms with van der Waals surface area (Å²) in [6.07, 6.45) is 0.572. The highest BCUT2D eigenvalue weighted by molar-refractivity contribution is 7.89. The van der Waals surface area contributed by atoms with Crippen LogP contribution in [0.1, 0.15) is 20.3 Å². The van der Waals surface area contributed by atoms with E-state index in [1.807, 2.05) is 18.7 Å². The van der Waals surface area contributed by atoms with Crippen LogP contribution in [0.3, 0.4) is 0 Å². The van der Waals surface area contributed by atoms with E-state index in [0.717, 1.165) is 12.1 Å². The van der Waals surface area contributed by atoms with Crippen molar-refractivity contribution in [3.8, 4) is 0 Å². The number of piperazine rings is 1. The Labute approximate surface area is 174 Å². The Balaban J connectivity index is 1.58. The summed E-state index contributed by atoms with van der Waals surface area (Å²) >= 11 is 0. The molecule has 0 saturated carbocycles. The average molecular weight is 439 g/mol. The molecule has 0 aliphatic carbocycles. The minimum absolute atomic E-state index is 0.00724. The van der Waals surface area contributed by atoms with E-state index in [2.05, 4.69) is 5.32 Å². The molecule has 1 N–H and O–H groups in total. The largest absolute Gasteiger partial charge is 0.326 e. The molecule has 12 heteroatoms. The monoisotopic (exact) mass is 439 g/mol. The van der Waals surface area contributed by atoms with E-state index in [9.17, 15) is 28.1 Å². The fourth-order valence-electron chi connectivity index (χ4n) is 3.54. The van der Waals surface area contributed by atoms with Crippen molar-refractivity contribution in [2.75, 3.05) is 32.8 Å². The molecule has 1 unspecified atom stereocenters. The number of nitro groups is 1. The number of sulfonamides is 1. The smallest absolute Gasteiger partial charge is 0.325 e. The summed E-state index contributed by atoms with van der Waals surface area (Å²) in [6.45, 7) is 5.18. The molecule has 3 rings (SSSR count). The number of carbonyl (C=O) groups is 2. The summed E-state index contributed by atoms with van der Waals surface area (Å²) in [7, 11) is -3.77. The molecule has 1 aromatic rings. The van der Waals surface area contributed by atoms with Crippen LogP contribution < -0.4 is 5.32 Å². The fourth-order valence-corrected chi connectivity index (χ4v) is 4.96. The number of hydrogen-bond donors (Lipinski definition) is 1.